The van der Waals surface area contributed by atoms with E-state index in [0.717, 1.165) is 32.2 Å². The molecule has 0 aromatic carbocycles. The zero-order valence-corrected chi connectivity index (χ0v) is 10.0. The van der Waals surface area contributed by atoms with Gasteiger partial charge in [-0.2, -0.15) is 0 Å². The molecule has 92 valence electrons. The zero-order chi connectivity index (χ0) is 11.2. The van der Waals surface area contributed by atoms with Gasteiger partial charge in [0.05, 0.1) is 0 Å². The van der Waals surface area contributed by atoms with Crippen LogP contribution in [0.1, 0.15) is 57.8 Å². The van der Waals surface area contributed by atoms with Crippen molar-refractivity contribution in [2.24, 2.45) is 0 Å². The summed E-state index contributed by atoms with van der Waals surface area (Å²) >= 11 is 0. The maximum atomic E-state index is 11.9. The Bertz CT molecular complexity index is 216. The second-order valence-corrected chi connectivity index (χ2v) is 5.05. The molecule has 0 amide bonds. The summed E-state index contributed by atoms with van der Waals surface area (Å²) in [5.41, 5.74) is 0. The third kappa shape index (κ3) is 3.48. The molecule has 1 heterocycles. The van der Waals surface area contributed by atoms with Crippen molar-refractivity contribution < 1.29 is 9.53 Å². The van der Waals surface area contributed by atoms with Crippen molar-refractivity contribution in [2.45, 2.75) is 69.9 Å². The van der Waals surface area contributed by atoms with Gasteiger partial charge in [0.25, 0.3) is 0 Å². The average Bonchev–Trinajstić information content (AvgIpc) is 2.59. The van der Waals surface area contributed by atoms with Crippen LogP contribution in [-0.4, -0.2) is 24.7 Å². The fraction of sp³-hybridized carbons (Fsp3) is 0.923. The van der Waals surface area contributed by atoms with E-state index in [1.807, 2.05) is 0 Å². The summed E-state index contributed by atoms with van der Waals surface area (Å²) in [6.45, 7) is 0.963. The predicted molar refractivity (Wildman–Crippen MR) is 63.2 cm³/mol. The van der Waals surface area contributed by atoms with Gasteiger partial charge in [0.15, 0.2) is 0 Å². The molecule has 0 aromatic rings. The Balaban J connectivity index is 1.76. The Morgan fingerprint density at radius 1 is 0.938 bits per heavy atom. The summed E-state index contributed by atoms with van der Waals surface area (Å²) in [5.74, 6) is -0.00778. The number of piperidine rings is 1. The molecule has 3 nitrogen and oxygen atoms in total. The van der Waals surface area contributed by atoms with Crippen molar-refractivity contribution in [1.82, 2.24) is 5.32 Å². The predicted octanol–water partition coefficient (Wildman–Crippen LogP) is 2.39. The van der Waals surface area contributed by atoms with E-state index in [0.29, 0.717) is 0 Å². The van der Waals surface area contributed by atoms with E-state index in [-0.39, 0.29) is 18.1 Å². The number of hydrogen-bond donors (Lipinski definition) is 1. The van der Waals surface area contributed by atoms with Gasteiger partial charge in [0.1, 0.15) is 12.1 Å². The number of carbonyl (C=O) groups is 1. The van der Waals surface area contributed by atoms with Crippen LogP contribution in [0.4, 0.5) is 0 Å². The number of carbonyl (C=O) groups excluding carboxylic acids is 1. The van der Waals surface area contributed by atoms with E-state index >= 15 is 0 Å². The topological polar surface area (TPSA) is 38.3 Å². The zero-order valence-electron chi connectivity index (χ0n) is 10.0. The number of nitrogens with one attached hydrogen (secondary N) is 1. The van der Waals surface area contributed by atoms with Crippen LogP contribution >= 0.6 is 0 Å². The quantitative estimate of drug-likeness (QED) is 0.579. The number of ether oxygens (including phenoxy) is 1. The third-order valence-corrected chi connectivity index (χ3v) is 3.68. The normalized spacial score (nSPS) is 28.4. The Hall–Kier alpha value is -0.570. The van der Waals surface area contributed by atoms with Crippen LogP contribution in [0.25, 0.3) is 0 Å². The first-order valence-electron chi connectivity index (χ1n) is 6.80. The molecule has 2 fully saturated rings. The third-order valence-electron chi connectivity index (χ3n) is 3.68. The molecule has 0 spiro atoms. The second-order valence-electron chi connectivity index (χ2n) is 5.05. The fourth-order valence-corrected chi connectivity index (χ4v) is 2.66. The van der Waals surface area contributed by atoms with E-state index in [2.05, 4.69) is 5.32 Å². The molecule has 2 aliphatic rings. The van der Waals surface area contributed by atoms with Crippen LogP contribution in [0, 0.1) is 0 Å². The molecule has 1 aliphatic carbocycles. The molecule has 1 N–H and O–H groups in total. The highest BCUT2D eigenvalue weighted by molar-refractivity contribution is 5.76. The summed E-state index contributed by atoms with van der Waals surface area (Å²) in [5, 5.41) is 3.25. The summed E-state index contributed by atoms with van der Waals surface area (Å²) < 4.78 is 5.61. The highest BCUT2D eigenvalue weighted by Gasteiger charge is 2.25. The summed E-state index contributed by atoms with van der Waals surface area (Å²) in [4.78, 5) is 11.9. The van der Waals surface area contributed by atoms with E-state index < -0.39 is 0 Å². The summed E-state index contributed by atoms with van der Waals surface area (Å²) in [6.07, 6.45) is 10.7. The molecule has 1 saturated heterocycles. The largest absolute Gasteiger partial charge is 0.461 e. The molecule has 1 saturated carbocycles. The highest BCUT2D eigenvalue weighted by atomic mass is 16.5. The van der Waals surface area contributed by atoms with Crippen LogP contribution in [-0.2, 0) is 9.53 Å². The molecule has 2 rings (SSSR count). The van der Waals surface area contributed by atoms with Gasteiger partial charge in [-0.25, -0.2) is 0 Å². The molecule has 16 heavy (non-hydrogen) atoms. The Labute approximate surface area is 97.9 Å². The standard InChI is InChI=1S/C13H23NO2/c15-13(12-9-5-6-10-14-12)16-11-7-3-1-2-4-8-11/h11-12,14H,1-10H2. The van der Waals surface area contributed by atoms with Crippen LogP contribution in [0.15, 0.2) is 0 Å². The van der Waals surface area contributed by atoms with Crippen molar-refractivity contribution in [1.29, 1.82) is 0 Å². The highest BCUT2D eigenvalue weighted by Crippen LogP contribution is 2.21. The smallest absolute Gasteiger partial charge is 0.323 e. The van der Waals surface area contributed by atoms with Crippen LogP contribution < -0.4 is 5.32 Å². The van der Waals surface area contributed by atoms with Crippen LogP contribution in [0.3, 0.4) is 0 Å². The number of hydrogen-bond acceptors (Lipinski definition) is 3. The first-order valence-corrected chi connectivity index (χ1v) is 6.80. The van der Waals surface area contributed by atoms with Crippen molar-refractivity contribution in [3.05, 3.63) is 0 Å². The van der Waals surface area contributed by atoms with Gasteiger partial charge >= 0.3 is 5.97 Å². The van der Waals surface area contributed by atoms with E-state index in [1.54, 1.807) is 0 Å². The van der Waals surface area contributed by atoms with Gasteiger partial charge in [-0.3, -0.25) is 4.79 Å². The average molecular weight is 225 g/mol. The number of rotatable bonds is 2. The Kier molecular flexibility index (Phi) is 4.64. The molecular formula is C13H23NO2. The van der Waals surface area contributed by atoms with Crippen molar-refractivity contribution in [3.63, 3.8) is 0 Å². The molecule has 3 heteroatoms. The number of esters is 1. The van der Waals surface area contributed by atoms with Crippen molar-refractivity contribution in [2.75, 3.05) is 6.54 Å². The Morgan fingerprint density at radius 2 is 1.62 bits per heavy atom. The van der Waals surface area contributed by atoms with Gasteiger partial charge in [0, 0.05) is 0 Å². The van der Waals surface area contributed by atoms with Crippen molar-refractivity contribution in [3.8, 4) is 0 Å². The van der Waals surface area contributed by atoms with Gasteiger partial charge < -0.3 is 10.1 Å². The first-order chi connectivity index (χ1) is 7.86. The van der Waals surface area contributed by atoms with Crippen LogP contribution in [0.2, 0.25) is 0 Å². The lowest BCUT2D eigenvalue weighted by Crippen LogP contribution is -2.42. The minimum Gasteiger partial charge on any atom is -0.461 e. The monoisotopic (exact) mass is 225 g/mol. The summed E-state index contributed by atoms with van der Waals surface area (Å²) in [7, 11) is 0. The molecular weight excluding hydrogens is 202 g/mol. The molecule has 0 radical (unpaired) electrons. The molecule has 0 aromatic heterocycles. The molecule has 1 aliphatic heterocycles. The second kappa shape index (κ2) is 6.24. The van der Waals surface area contributed by atoms with Gasteiger partial charge in [-0.15, -0.1) is 0 Å². The maximum Gasteiger partial charge on any atom is 0.323 e. The van der Waals surface area contributed by atoms with E-state index in [9.17, 15) is 4.79 Å². The Morgan fingerprint density at radius 3 is 2.25 bits per heavy atom. The van der Waals surface area contributed by atoms with E-state index in [1.165, 1.54) is 32.1 Å². The lowest BCUT2D eigenvalue weighted by molar-refractivity contribution is -0.152. The molecule has 0 bridgehead atoms. The lowest BCUT2D eigenvalue weighted by atomic mass is 10.1. The van der Waals surface area contributed by atoms with Crippen LogP contribution in [0.5, 0.6) is 0 Å². The fourth-order valence-electron chi connectivity index (χ4n) is 2.66. The maximum absolute atomic E-state index is 11.9. The minimum absolute atomic E-state index is 0.00778. The van der Waals surface area contributed by atoms with E-state index in [4.69, 9.17) is 4.74 Å². The van der Waals surface area contributed by atoms with Gasteiger partial charge in [0.2, 0.25) is 0 Å². The minimum atomic E-state index is -0.0306. The first kappa shape index (κ1) is 11.9. The van der Waals surface area contributed by atoms with Gasteiger partial charge in [-0.1, -0.05) is 19.3 Å². The molecule has 1 unspecified atom stereocenters. The molecule has 1 atom stereocenters. The summed E-state index contributed by atoms with van der Waals surface area (Å²) in [6, 6.07) is -0.0306. The SMILES string of the molecule is O=C(OC1CCCCCC1)C1CCCCN1. The van der Waals surface area contributed by atoms with Gasteiger partial charge in [-0.05, 0) is 45.1 Å². The lowest BCUT2D eigenvalue weighted by Gasteiger charge is -2.24. The van der Waals surface area contributed by atoms with Crippen molar-refractivity contribution >= 4 is 5.97 Å².